The van der Waals surface area contributed by atoms with Gasteiger partial charge in [-0.3, -0.25) is 19.7 Å². The Hall–Kier alpha value is -3.95. The van der Waals surface area contributed by atoms with E-state index in [1.54, 1.807) is 24.3 Å². The minimum absolute atomic E-state index is 0.255. The van der Waals surface area contributed by atoms with Crippen LogP contribution in [0.2, 0.25) is 0 Å². The Balaban J connectivity index is 1.94. The fourth-order valence-corrected chi connectivity index (χ4v) is 1.85. The van der Waals surface area contributed by atoms with Gasteiger partial charge in [0.15, 0.2) is 5.75 Å². The number of aromatic hydroxyl groups is 1. The lowest BCUT2D eigenvalue weighted by Gasteiger charge is -2.05. The number of anilines is 1. The van der Waals surface area contributed by atoms with Crippen LogP contribution in [0, 0.1) is 10.1 Å². The molecule has 2 aromatic carbocycles. The monoisotopic (exact) mass is 358 g/mol. The Morgan fingerprint density at radius 1 is 1.19 bits per heavy atom. The van der Waals surface area contributed by atoms with Gasteiger partial charge in [0.05, 0.1) is 18.2 Å². The number of phenolic OH excluding ortho intramolecular Hbond substituents is 1. The van der Waals surface area contributed by atoms with Crippen LogP contribution in [-0.2, 0) is 9.59 Å². The number of rotatable bonds is 5. The Morgan fingerprint density at radius 2 is 1.88 bits per heavy atom. The number of nitro benzene ring substituents is 1. The van der Waals surface area contributed by atoms with Crippen LogP contribution in [-0.4, -0.2) is 35.2 Å². The second-order valence-corrected chi connectivity index (χ2v) is 4.89. The van der Waals surface area contributed by atoms with E-state index in [-0.39, 0.29) is 5.56 Å². The summed E-state index contributed by atoms with van der Waals surface area (Å²) in [5, 5.41) is 26.0. The van der Waals surface area contributed by atoms with Gasteiger partial charge in [-0.15, -0.1) is 0 Å². The van der Waals surface area contributed by atoms with Crippen LogP contribution in [0.15, 0.2) is 47.6 Å². The summed E-state index contributed by atoms with van der Waals surface area (Å²) in [6.45, 7) is 0. The first-order valence-corrected chi connectivity index (χ1v) is 7.16. The van der Waals surface area contributed by atoms with Crippen molar-refractivity contribution in [3.63, 3.8) is 0 Å². The summed E-state index contributed by atoms with van der Waals surface area (Å²) < 4.78 is 4.98. The van der Waals surface area contributed by atoms with E-state index in [0.717, 1.165) is 18.3 Å². The molecule has 0 aliphatic rings. The topological polar surface area (TPSA) is 143 Å². The number of nitrogens with one attached hydrogen (secondary N) is 2. The zero-order valence-corrected chi connectivity index (χ0v) is 13.5. The van der Waals surface area contributed by atoms with Crippen molar-refractivity contribution in [2.45, 2.75) is 0 Å². The molecule has 26 heavy (non-hydrogen) atoms. The van der Waals surface area contributed by atoms with E-state index in [1.807, 2.05) is 5.43 Å². The molecule has 0 fully saturated rings. The smallest absolute Gasteiger partial charge is 0.329 e. The van der Waals surface area contributed by atoms with Crippen LogP contribution in [0.3, 0.4) is 0 Å². The molecule has 2 rings (SSSR count). The van der Waals surface area contributed by atoms with Crippen molar-refractivity contribution in [2.24, 2.45) is 5.10 Å². The lowest BCUT2D eigenvalue weighted by molar-refractivity contribution is -0.385. The average Bonchev–Trinajstić information content (AvgIpc) is 2.63. The van der Waals surface area contributed by atoms with Gasteiger partial charge in [0, 0.05) is 17.3 Å². The number of methoxy groups -OCH3 is 1. The van der Waals surface area contributed by atoms with Crippen molar-refractivity contribution in [3.05, 3.63) is 58.1 Å². The third kappa shape index (κ3) is 4.77. The first-order chi connectivity index (χ1) is 12.4. The molecule has 2 aromatic rings. The van der Waals surface area contributed by atoms with Crippen molar-refractivity contribution in [2.75, 3.05) is 12.4 Å². The van der Waals surface area contributed by atoms with Crippen molar-refractivity contribution in [1.29, 1.82) is 0 Å². The van der Waals surface area contributed by atoms with Gasteiger partial charge in [0.1, 0.15) is 5.75 Å². The second-order valence-electron chi connectivity index (χ2n) is 4.89. The van der Waals surface area contributed by atoms with E-state index in [0.29, 0.717) is 11.4 Å². The van der Waals surface area contributed by atoms with Crippen molar-refractivity contribution in [3.8, 4) is 11.5 Å². The van der Waals surface area contributed by atoms with Gasteiger partial charge in [0.2, 0.25) is 0 Å². The number of hydrogen-bond donors (Lipinski definition) is 3. The highest BCUT2D eigenvalue weighted by Gasteiger charge is 2.14. The molecule has 0 saturated heterocycles. The maximum atomic E-state index is 11.7. The molecule has 0 atom stereocenters. The summed E-state index contributed by atoms with van der Waals surface area (Å²) in [4.78, 5) is 33.4. The number of carbonyl (C=O) groups is 2. The number of ether oxygens (including phenoxy) is 1. The van der Waals surface area contributed by atoms with Gasteiger partial charge in [-0.1, -0.05) is 0 Å². The standard InChI is InChI=1S/C16H14N4O6/c1-26-12-5-3-11(4-6-12)18-15(22)16(23)19-17-9-10-2-7-14(21)13(8-10)20(24)25/h2-9,21H,1H3,(H,18,22)(H,19,23)/b17-9-. The van der Waals surface area contributed by atoms with E-state index in [1.165, 1.54) is 13.2 Å². The largest absolute Gasteiger partial charge is 0.502 e. The second kappa shape index (κ2) is 8.24. The first kappa shape index (κ1) is 18.4. The lowest BCUT2D eigenvalue weighted by Crippen LogP contribution is -2.32. The van der Waals surface area contributed by atoms with E-state index in [2.05, 4.69) is 10.4 Å². The highest BCUT2D eigenvalue weighted by Crippen LogP contribution is 2.25. The van der Waals surface area contributed by atoms with Gasteiger partial charge >= 0.3 is 17.5 Å². The fraction of sp³-hybridized carbons (Fsp3) is 0.0625. The summed E-state index contributed by atoms with van der Waals surface area (Å²) in [5.41, 5.74) is 2.14. The minimum Gasteiger partial charge on any atom is -0.502 e. The molecule has 0 radical (unpaired) electrons. The van der Waals surface area contributed by atoms with E-state index >= 15 is 0 Å². The predicted molar refractivity (Wildman–Crippen MR) is 92.1 cm³/mol. The molecular weight excluding hydrogens is 344 g/mol. The number of nitro groups is 1. The minimum atomic E-state index is -1.02. The van der Waals surface area contributed by atoms with Crippen molar-refractivity contribution >= 4 is 29.4 Å². The third-order valence-electron chi connectivity index (χ3n) is 3.13. The van der Waals surface area contributed by atoms with E-state index < -0.39 is 28.2 Å². The predicted octanol–water partition coefficient (Wildman–Crippen LogP) is 1.40. The van der Waals surface area contributed by atoms with Gasteiger partial charge in [-0.2, -0.15) is 5.10 Å². The molecule has 0 heterocycles. The molecule has 10 heteroatoms. The third-order valence-corrected chi connectivity index (χ3v) is 3.13. The Bertz CT molecular complexity index is 864. The molecule has 10 nitrogen and oxygen atoms in total. The van der Waals surface area contributed by atoms with Gasteiger partial charge in [-0.25, -0.2) is 5.43 Å². The van der Waals surface area contributed by atoms with E-state index in [9.17, 15) is 24.8 Å². The first-order valence-electron chi connectivity index (χ1n) is 7.16. The number of phenols is 1. The Kier molecular flexibility index (Phi) is 5.83. The zero-order chi connectivity index (χ0) is 19.1. The summed E-state index contributed by atoms with van der Waals surface area (Å²) in [7, 11) is 1.50. The van der Waals surface area contributed by atoms with Crippen LogP contribution in [0.25, 0.3) is 0 Å². The van der Waals surface area contributed by atoms with Gasteiger partial charge < -0.3 is 15.2 Å². The van der Waals surface area contributed by atoms with E-state index in [4.69, 9.17) is 4.74 Å². The van der Waals surface area contributed by atoms with Crippen LogP contribution < -0.4 is 15.5 Å². The molecule has 0 aromatic heterocycles. The average molecular weight is 358 g/mol. The van der Waals surface area contributed by atoms with Gasteiger partial charge in [-0.05, 0) is 36.4 Å². The molecule has 0 saturated carbocycles. The number of nitrogens with zero attached hydrogens (tertiary/aromatic N) is 2. The normalized spacial score (nSPS) is 10.3. The molecule has 0 bridgehead atoms. The molecule has 0 aliphatic heterocycles. The van der Waals surface area contributed by atoms with Crippen LogP contribution in [0.1, 0.15) is 5.56 Å². The van der Waals surface area contributed by atoms with Crippen LogP contribution >= 0.6 is 0 Å². The maximum absolute atomic E-state index is 11.7. The summed E-state index contributed by atoms with van der Waals surface area (Å²) in [6, 6.07) is 9.90. The SMILES string of the molecule is COc1ccc(NC(=O)C(=O)N/N=C\c2ccc(O)c([N+](=O)[O-])c2)cc1. The molecule has 3 N–H and O–H groups in total. The highest BCUT2D eigenvalue weighted by atomic mass is 16.6. The zero-order valence-electron chi connectivity index (χ0n) is 13.5. The van der Waals surface area contributed by atoms with Crippen molar-refractivity contribution < 1.29 is 24.4 Å². The maximum Gasteiger partial charge on any atom is 0.329 e. The number of benzene rings is 2. The molecule has 2 amide bonds. The number of hydrazone groups is 1. The molecule has 134 valence electrons. The van der Waals surface area contributed by atoms with Crippen LogP contribution in [0.5, 0.6) is 11.5 Å². The fourth-order valence-electron chi connectivity index (χ4n) is 1.85. The van der Waals surface area contributed by atoms with Gasteiger partial charge in [0.25, 0.3) is 0 Å². The molecular formula is C16H14N4O6. The highest BCUT2D eigenvalue weighted by molar-refractivity contribution is 6.39. The lowest BCUT2D eigenvalue weighted by atomic mass is 10.2. The summed E-state index contributed by atoms with van der Waals surface area (Å²) in [5.74, 6) is -1.86. The van der Waals surface area contributed by atoms with Crippen LogP contribution in [0.4, 0.5) is 11.4 Å². The number of carbonyl (C=O) groups excluding carboxylic acids is 2. The molecule has 0 aliphatic carbocycles. The Labute approximate surface area is 147 Å². The molecule has 0 unspecified atom stereocenters. The number of amides is 2. The van der Waals surface area contributed by atoms with Crippen molar-refractivity contribution in [1.82, 2.24) is 5.43 Å². The summed E-state index contributed by atoms with van der Waals surface area (Å²) in [6.07, 6.45) is 1.10. The number of hydrogen-bond acceptors (Lipinski definition) is 7. The Morgan fingerprint density at radius 3 is 2.50 bits per heavy atom. The quantitative estimate of drug-likeness (QED) is 0.319. The summed E-state index contributed by atoms with van der Waals surface area (Å²) >= 11 is 0. The molecule has 0 spiro atoms.